The highest BCUT2D eigenvalue weighted by molar-refractivity contribution is 6.36. The number of anilines is 1. The Hall–Kier alpha value is -1.89. The number of pyridine rings is 2. The lowest BCUT2D eigenvalue weighted by molar-refractivity contribution is -0.119. The molecule has 0 aliphatic rings. The molecule has 9 heteroatoms. The Bertz CT molecular complexity index is 725. The average Bonchev–Trinajstić information content (AvgIpc) is 2.47. The van der Waals surface area contributed by atoms with Crippen LogP contribution in [0.15, 0.2) is 30.6 Å². The van der Waals surface area contributed by atoms with Crippen molar-refractivity contribution in [2.75, 3.05) is 11.9 Å². The van der Waals surface area contributed by atoms with Gasteiger partial charge in [0.1, 0.15) is 5.15 Å². The maximum Gasteiger partial charge on any atom is 0.338 e. The molecule has 0 bridgehead atoms. The lowest BCUT2D eigenvalue weighted by Crippen LogP contribution is -2.21. The predicted octanol–water partition coefficient (Wildman–Crippen LogP) is 3.23. The van der Waals surface area contributed by atoms with Crippen molar-refractivity contribution in [3.8, 4) is 0 Å². The quantitative estimate of drug-likeness (QED) is 0.669. The fourth-order valence-electron chi connectivity index (χ4n) is 1.42. The van der Waals surface area contributed by atoms with Crippen molar-refractivity contribution in [3.63, 3.8) is 0 Å². The Morgan fingerprint density at radius 1 is 1.18 bits per heavy atom. The zero-order chi connectivity index (χ0) is 16.1. The highest BCUT2D eigenvalue weighted by atomic mass is 35.5. The zero-order valence-electron chi connectivity index (χ0n) is 10.8. The van der Waals surface area contributed by atoms with Crippen molar-refractivity contribution in [2.24, 2.45) is 0 Å². The first-order valence-electron chi connectivity index (χ1n) is 5.85. The number of hydrogen-bond donors (Lipinski definition) is 1. The van der Waals surface area contributed by atoms with Gasteiger partial charge in [-0.25, -0.2) is 14.8 Å². The first-order valence-corrected chi connectivity index (χ1v) is 6.98. The molecule has 0 spiro atoms. The summed E-state index contributed by atoms with van der Waals surface area (Å²) < 4.78 is 4.85. The molecule has 0 radical (unpaired) electrons. The van der Waals surface area contributed by atoms with Gasteiger partial charge in [-0.15, -0.1) is 0 Å². The van der Waals surface area contributed by atoms with Crippen LogP contribution in [0, 0.1) is 0 Å². The van der Waals surface area contributed by atoms with Gasteiger partial charge in [-0.05, 0) is 18.2 Å². The van der Waals surface area contributed by atoms with Gasteiger partial charge < -0.3 is 10.1 Å². The van der Waals surface area contributed by atoms with E-state index in [-0.39, 0.29) is 21.6 Å². The third-order valence-corrected chi connectivity index (χ3v) is 3.06. The molecule has 0 aliphatic heterocycles. The Morgan fingerprint density at radius 3 is 2.64 bits per heavy atom. The molecule has 114 valence electrons. The number of amides is 1. The van der Waals surface area contributed by atoms with E-state index in [2.05, 4.69) is 15.3 Å². The number of ether oxygens (including phenoxy) is 1. The molecule has 2 heterocycles. The van der Waals surface area contributed by atoms with Crippen molar-refractivity contribution >= 4 is 52.5 Å². The van der Waals surface area contributed by atoms with Crippen LogP contribution in [0.3, 0.4) is 0 Å². The molecule has 1 amide bonds. The molecule has 0 aliphatic carbocycles. The molecule has 0 aromatic carbocycles. The number of halogens is 3. The fraction of sp³-hybridized carbons (Fsp3) is 0.0769. The van der Waals surface area contributed by atoms with Gasteiger partial charge in [-0.2, -0.15) is 0 Å². The zero-order valence-corrected chi connectivity index (χ0v) is 13.1. The Labute approximate surface area is 140 Å². The second-order valence-corrected chi connectivity index (χ2v) is 5.21. The lowest BCUT2D eigenvalue weighted by atomic mass is 10.3. The van der Waals surface area contributed by atoms with E-state index in [1.807, 2.05) is 0 Å². The smallest absolute Gasteiger partial charge is 0.338 e. The van der Waals surface area contributed by atoms with Gasteiger partial charge in [-0.3, -0.25) is 4.79 Å². The van der Waals surface area contributed by atoms with Gasteiger partial charge in [0.2, 0.25) is 0 Å². The third kappa shape index (κ3) is 4.56. The molecule has 0 atom stereocenters. The summed E-state index contributed by atoms with van der Waals surface area (Å²) in [6.07, 6.45) is 2.68. The maximum atomic E-state index is 11.7. The van der Waals surface area contributed by atoms with Crippen molar-refractivity contribution in [3.05, 3.63) is 51.4 Å². The molecule has 0 unspecified atom stereocenters. The van der Waals surface area contributed by atoms with Crippen LogP contribution in [-0.2, 0) is 9.53 Å². The number of carbonyl (C=O) groups excluding carboxylic acids is 2. The first-order chi connectivity index (χ1) is 10.5. The van der Waals surface area contributed by atoms with Crippen LogP contribution in [-0.4, -0.2) is 28.5 Å². The monoisotopic (exact) mass is 359 g/mol. The topological polar surface area (TPSA) is 81.2 Å². The van der Waals surface area contributed by atoms with Crippen LogP contribution in [0.25, 0.3) is 0 Å². The SMILES string of the molecule is O=C(COC(=O)c1ccnc(Cl)c1)Nc1ncc(Cl)cc1Cl. The number of nitrogens with one attached hydrogen (secondary N) is 1. The molecular formula is C13H8Cl3N3O3. The highest BCUT2D eigenvalue weighted by Crippen LogP contribution is 2.22. The highest BCUT2D eigenvalue weighted by Gasteiger charge is 2.12. The van der Waals surface area contributed by atoms with Gasteiger partial charge in [0.15, 0.2) is 12.4 Å². The minimum atomic E-state index is -0.699. The third-order valence-electron chi connectivity index (χ3n) is 2.36. The van der Waals surface area contributed by atoms with Gasteiger partial charge in [0.05, 0.1) is 15.6 Å². The minimum absolute atomic E-state index is 0.124. The average molecular weight is 361 g/mol. The van der Waals surface area contributed by atoms with Crippen molar-refractivity contribution < 1.29 is 14.3 Å². The van der Waals surface area contributed by atoms with Crippen LogP contribution in [0.4, 0.5) is 5.82 Å². The van der Waals surface area contributed by atoms with E-state index in [1.165, 1.54) is 30.6 Å². The second-order valence-electron chi connectivity index (χ2n) is 3.98. The van der Waals surface area contributed by atoms with Crippen molar-refractivity contribution in [1.82, 2.24) is 9.97 Å². The maximum absolute atomic E-state index is 11.7. The standard InChI is InChI=1S/C13H8Cl3N3O3/c14-8-4-9(15)12(18-5-8)19-11(20)6-22-13(21)7-1-2-17-10(16)3-7/h1-5H,6H2,(H,18,19,20). The number of nitrogens with zero attached hydrogens (tertiary/aromatic N) is 2. The van der Waals surface area contributed by atoms with Crippen LogP contribution < -0.4 is 5.32 Å². The largest absolute Gasteiger partial charge is 0.452 e. The van der Waals surface area contributed by atoms with E-state index in [0.29, 0.717) is 5.02 Å². The van der Waals surface area contributed by atoms with Gasteiger partial charge in [-0.1, -0.05) is 34.8 Å². The summed E-state index contributed by atoms with van der Waals surface area (Å²) in [6.45, 7) is -0.501. The molecule has 0 saturated heterocycles. The number of aromatic nitrogens is 2. The predicted molar refractivity (Wildman–Crippen MR) is 82.4 cm³/mol. The molecule has 0 fully saturated rings. The minimum Gasteiger partial charge on any atom is -0.452 e. The van der Waals surface area contributed by atoms with E-state index >= 15 is 0 Å². The summed E-state index contributed by atoms with van der Waals surface area (Å²) in [5.41, 5.74) is 0.190. The van der Waals surface area contributed by atoms with Crippen LogP contribution in [0.2, 0.25) is 15.2 Å². The van der Waals surface area contributed by atoms with E-state index in [1.54, 1.807) is 0 Å². The van der Waals surface area contributed by atoms with E-state index < -0.39 is 18.5 Å². The number of carbonyl (C=O) groups is 2. The first kappa shape index (κ1) is 16.5. The number of esters is 1. The number of rotatable bonds is 4. The summed E-state index contributed by atoms with van der Waals surface area (Å²) in [4.78, 5) is 31.0. The van der Waals surface area contributed by atoms with E-state index in [0.717, 1.165) is 0 Å². The summed E-state index contributed by atoms with van der Waals surface area (Å²) in [7, 11) is 0. The molecule has 2 rings (SSSR count). The fourth-order valence-corrected chi connectivity index (χ4v) is 2.02. The Balaban J connectivity index is 1.91. The van der Waals surface area contributed by atoms with Crippen molar-refractivity contribution in [1.29, 1.82) is 0 Å². The lowest BCUT2D eigenvalue weighted by Gasteiger charge is -2.07. The van der Waals surface area contributed by atoms with E-state index in [9.17, 15) is 9.59 Å². The molecule has 6 nitrogen and oxygen atoms in total. The van der Waals surface area contributed by atoms with Gasteiger partial charge in [0, 0.05) is 12.4 Å². The molecule has 2 aromatic rings. The second kappa shape index (κ2) is 7.40. The number of hydrogen-bond acceptors (Lipinski definition) is 5. The molecular weight excluding hydrogens is 353 g/mol. The normalized spacial score (nSPS) is 10.1. The van der Waals surface area contributed by atoms with Crippen LogP contribution in [0.5, 0.6) is 0 Å². The molecule has 2 aromatic heterocycles. The summed E-state index contributed by atoms with van der Waals surface area (Å²) in [6, 6.07) is 4.18. The Kier molecular flexibility index (Phi) is 5.54. The van der Waals surface area contributed by atoms with E-state index in [4.69, 9.17) is 39.5 Å². The molecule has 0 saturated carbocycles. The van der Waals surface area contributed by atoms with Crippen molar-refractivity contribution in [2.45, 2.75) is 0 Å². The summed E-state index contributed by atoms with van der Waals surface area (Å²) in [5.74, 6) is -1.17. The molecule has 1 N–H and O–H groups in total. The van der Waals surface area contributed by atoms with Gasteiger partial charge >= 0.3 is 5.97 Å². The van der Waals surface area contributed by atoms with Crippen LogP contribution >= 0.6 is 34.8 Å². The van der Waals surface area contributed by atoms with Crippen LogP contribution in [0.1, 0.15) is 10.4 Å². The summed E-state index contributed by atoms with van der Waals surface area (Å²) in [5, 5.41) is 3.06. The Morgan fingerprint density at radius 2 is 1.95 bits per heavy atom. The molecule has 22 heavy (non-hydrogen) atoms. The summed E-state index contributed by atoms with van der Waals surface area (Å²) >= 11 is 17.2. The van der Waals surface area contributed by atoms with Gasteiger partial charge in [0.25, 0.3) is 5.91 Å².